The number of halogens is 1. The molecule has 1 unspecified atom stereocenters. The summed E-state index contributed by atoms with van der Waals surface area (Å²) < 4.78 is 11.6. The summed E-state index contributed by atoms with van der Waals surface area (Å²) in [4.78, 5) is 23.1. The van der Waals surface area contributed by atoms with Gasteiger partial charge in [0.2, 0.25) is 0 Å². The molecule has 0 bridgehead atoms. The molecule has 7 heteroatoms. The summed E-state index contributed by atoms with van der Waals surface area (Å²) in [5.41, 5.74) is 7.93. The molecular formula is C27H28ClN3O3. The van der Waals surface area contributed by atoms with E-state index in [0.717, 1.165) is 83.2 Å². The predicted octanol–water partition coefficient (Wildman–Crippen LogP) is 6.46. The van der Waals surface area contributed by atoms with Crippen LogP contribution in [0.2, 0.25) is 5.02 Å². The fraction of sp³-hybridized carbons (Fsp3) is 0.407. The minimum absolute atomic E-state index is 0.0614. The Labute approximate surface area is 204 Å². The molecule has 6 nitrogen and oxygen atoms in total. The summed E-state index contributed by atoms with van der Waals surface area (Å²) in [5, 5.41) is 0.729. The van der Waals surface area contributed by atoms with E-state index in [1.807, 2.05) is 17.0 Å². The molecule has 1 fully saturated rings. The van der Waals surface area contributed by atoms with Gasteiger partial charge in [-0.05, 0) is 73.1 Å². The predicted molar refractivity (Wildman–Crippen MR) is 131 cm³/mol. The first-order valence-corrected chi connectivity index (χ1v) is 12.6. The average Bonchev–Trinajstić information content (AvgIpc) is 3.50. The number of fused-ring (bicyclic) bond motifs is 6. The highest BCUT2D eigenvalue weighted by Gasteiger charge is 2.35. The van der Waals surface area contributed by atoms with Crippen LogP contribution in [-0.4, -0.2) is 34.1 Å². The zero-order valence-corrected chi connectivity index (χ0v) is 20.1. The maximum atomic E-state index is 12.7. The topological polar surface area (TPSA) is 67.5 Å². The lowest BCUT2D eigenvalue weighted by molar-refractivity contribution is 0.0957. The van der Waals surface area contributed by atoms with Gasteiger partial charge in [0.15, 0.2) is 0 Å². The molecule has 0 saturated carbocycles. The first kappa shape index (κ1) is 21.5. The van der Waals surface area contributed by atoms with Crippen LogP contribution < -0.4 is 4.74 Å². The molecular weight excluding hydrogens is 450 g/mol. The Morgan fingerprint density at radius 3 is 3.00 bits per heavy atom. The number of unbranched alkanes of at least 4 members (excludes halogenated alkanes) is 1. The number of benzene rings is 2. The van der Waals surface area contributed by atoms with Crippen LogP contribution in [0.1, 0.15) is 61.3 Å². The van der Waals surface area contributed by atoms with Crippen molar-refractivity contribution in [3.63, 3.8) is 0 Å². The number of imidazole rings is 1. The van der Waals surface area contributed by atoms with Crippen LogP contribution in [0.4, 0.5) is 4.79 Å². The summed E-state index contributed by atoms with van der Waals surface area (Å²) in [5.74, 6) is 1.74. The van der Waals surface area contributed by atoms with Crippen molar-refractivity contribution in [1.82, 2.24) is 14.9 Å². The van der Waals surface area contributed by atoms with E-state index in [0.29, 0.717) is 19.8 Å². The summed E-state index contributed by atoms with van der Waals surface area (Å²) in [6.07, 6.45) is 5.36. The Bertz CT molecular complexity index is 1270. The summed E-state index contributed by atoms with van der Waals surface area (Å²) in [6.45, 7) is 3.79. The smallest absolute Gasteiger partial charge is 0.410 e. The van der Waals surface area contributed by atoms with Crippen LogP contribution in [0.3, 0.4) is 0 Å². The Kier molecular flexibility index (Phi) is 5.48. The van der Waals surface area contributed by atoms with E-state index in [-0.39, 0.29) is 12.1 Å². The van der Waals surface area contributed by atoms with Crippen molar-refractivity contribution in [1.29, 1.82) is 0 Å². The second kappa shape index (κ2) is 8.66. The second-order valence-electron chi connectivity index (χ2n) is 9.36. The van der Waals surface area contributed by atoms with E-state index in [2.05, 4.69) is 30.1 Å². The summed E-state index contributed by atoms with van der Waals surface area (Å²) >= 11 is 6.19. The average molecular weight is 478 g/mol. The molecule has 1 amide bonds. The van der Waals surface area contributed by atoms with Gasteiger partial charge in [0, 0.05) is 28.4 Å². The summed E-state index contributed by atoms with van der Waals surface area (Å²) in [6, 6.07) is 10.3. The third-order valence-corrected chi connectivity index (χ3v) is 7.40. The minimum atomic E-state index is -0.230. The first-order chi connectivity index (χ1) is 16.6. The highest BCUT2D eigenvalue weighted by atomic mass is 35.5. The Balaban J connectivity index is 1.32. The third kappa shape index (κ3) is 3.65. The van der Waals surface area contributed by atoms with Gasteiger partial charge in [0.1, 0.15) is 18.2 Å². The van der Waals surface area contributed by atoms with Gasteiger partial charge in [-0.2, -0.15) is 0 Å². The lowest BCUT2D eigenvalue weighted by atomic mass is 9.87. The monoisotopic (exact) mass is 477 g/mol. The highest BCUT2D eigenvalue weighted by Crippen LogP contribution is 2.45. The molecule has 0 radical (unpaired) electrons. The van der Waals surface area contributed by atoms with Crippen LogP contribution in [0.15, 0.2) is 30.3 Å². The molecule has 1 atom stereocenters. The number of ether oxygens (including phenoxy) is 2. The van der Waals surface area contributed by atoms with Crippen molar-refractivity contribution in [3.05, 3.63) is 58.0 Å². The molecule has 1 aromatic heterocycles. The van der Waals surface area contributed by atoms with E-state index in [1.54, 1.807) is 0 Å². The number of hydrogen-bond donors (Lipinski definition) is 1. The van der Waals surface area contributed by atoms with Crippen LogP contribution in [-0.2, 0) is 24.2 Å². The highest BCUT2D eigenvalue weighted by molar-refractivity contribution is 6.30. The molecule has 2 aromatic carbocycles. The first-order valence-electron chi connectivity index (χ1n) is 12.2. The summed E-state index contributed by atoms with van der Waals surface area (Å²) in [7, 11) is 0. The van der Waals surface area contributed by atoms with Gasteiger partial charge in [-0.3, -0.25) is 4.90 Å². The molecule has 1 saturated heterocycles. The van der Waals surface area contributed by atoms with Crippen molar-refractivity contribution in [2.45, 2.75) is 58.1 Å². The third-order valence-electron chi connectivity index (χ3n) is 7.17. The van der Waals surface area contributed by atoms with E-state index in [1.165, 1.54) is 11.1 Å². The number of rotatable bonds is 4. The molecule has 1 aliphatic carbocycles. The van der Waals surface area contributed by atoms with Crippen LogP contribution in [0, 0.1) is 0 Å². The van der Waals surface area contributed by atoms with Gasteiger partial charge in [0.05, 0.1) is 18.3 Å². The zero-order chi connectivity index (χ0) is 23.2. The van der Waals surface area contributed by atoms with Crippen LogP contribution in [0.5, 0.6) is 5.75 Å². The van der Waals surface area contributed by atoms with Crippen molar-refractivity contribution in [2.24, 2.45) is 0 Å². The molecule has 3 heterocycles. The molecule has 2 aliphatic heterocycles. The number of likely N-dealkylation sites (tertiary alicyclic amines) is 1. The number of carbonyl (C=O) groups is 1. The number of hydrogen-bond acceptors (Lipinski definition) is 4. The molecule has 0 spiro atoms. The second-order valence-corrected chi connectivity index (χ2v) is 9.80. The van der Waals surface area contributed by atoms with Crippen molar-refractivity contribution in [3.8, 4) is 28.1 Å². The number of aryl methyl sites for hydroxylation is 2. The quantitative estimate of drug-likeness (QED) is 0.438. The molecule has 3 aliphatic rings. The number of H-pyrrole nitrogens is 1. The fourth-order valence-electron chi connectivity index (χ4n) is 5.39. The maximum Gasteiger partial charge on any atom is 0.410 e. The molecule has 176 valence electrons. The normalized spacial score (nSPS) is 17.9. The Morgan fingerprint density at radius 1 is 1.21 bits per heavy atom. The van der Waals surface area contributed by atoms with E-state index in [9.17, 15) is 4.79 Å². The van der Waals surface area contributed by atoms with Gasteiger partial charge < -0.3 is 14.5 Å². The number of carbonyl (C=O) groups excluding carboxylic acids is 1. The largest absolute Gasteiger partial charge is 0.488 e. The number of nitrogens with one attached hydrogen (secondary N) is 1. The van der Waals surface area contributed by atoms with Crippen molar-refractivity contribution < 1.29 is 14.3 Å². The number of aromatic amines is 1. The van der Waals surface area contributed by atoms with Gasteiger partial charge in [-0.1, -0.05) is 31.0 Å². The van der Waals surface area contributed by atoms with Gasteiger partial charge in [0.25, 0.3) is 0 Å². The van der Waals surface area contributed by atoms with Crippen molar-refractivity contribution >= 4 is 17.7 Å². The Morgan fingerprint density at radius 2 is 2.12 bits per heavy atom. The number of nitrogens with zero attached hydrogens (tertiary/aromatic N) is 2. The molecule has 34 heavy (non-hydrogen) atoms. The van der Waals surface area contributed by atoms with Crippen molar-refractivity contribution in [2.75, 3.05) is 13.2 Å². The number of aromatic nitrogens is 2. The zero-order valence-electron chi connectivity index (χ0n) is 19.3. The standard InChI is InChI=1S/C27H28ClN3O3/c1-2-3-11-33-27(32)31-10-4-5-23(31)26-29-22-9-6-16-13-21-19-8-7-18(28)12-17(19)15-34-24(21)14-20(16)25(22)30-26/h7-8,12-14,23H,2-6,9-11,15H2,1H3,(H,29,30). The van der Waals surface area contributed by atoms with Gasteiger partial charge in [-0.25, -0.2) is 9.78 Å². The lowest BCUT2D eigenvalue weighted by Gasteiger charge is -2.24. The minimum Gasteiger partial charge on any atom is -0.488 e. The number of amides is 1. The molecule has 1 N–H and O–H groups in total. The van der Waals surface area contributed by atoms with Crippen LogP contribution >= 0.6 is 11.6 Å². The molecule has 3 aromatic rings. The van der Waals surface area contributed by atoms with E-state index < -0.39 is 0 Å². The van der Waals surface area contributed by atoms with E-state index >= 15 is 0 Å². The van der Waals surface area contributed by atoms with Gasteiger partial charge in [-0.15, -0.1) is 0 Å². The Hall–Kier alpha value is -2.99. The SMILES string of the molecule is CCCCOC(=O)N1CCCC1c1nc2c([nH]1)CCc1cc3c(cc1-2)OCc1cc(Cl)ccc1-3. The van der Waals surface area contributed by atoms with Crippen LogP contribution in [0.25, 0.3) is 22.4 Å². The van der Waals surface area contributed by atoms with Gasteiger partial charge >= 0.3 is 6.09 Å². The maximum absolute atomic E-state index is 12.7. The van der Waals surface area contributed by atoms with E-state index in [4.69, 9.17) is 26.1 Å². The fourth-order valence-corrected chi connectivity index (χ4v) is 5.58. The lowest BCUT2D eigenvalue weighted by Crippen LogP contribution is -2.31. The molecule has 6 rings (SSSR count).